The van der Waals surface area contributed by atoms with Crippen molar-refractivity contribution >= 4 is 55.7 Å². The number of nitriles is 1. The second-order valence-corrected chi connectivity index (χ2v) is 10.1. The van der Waals surface area contributed by atoms with Gasteiger partial charge in [-0.3, -0.25) is 4.79 Å². The number of methoxy groups -OCH3 is 1. The number of carbonyl (C=O) groups is 1. The Morgan fingerprint density at radius 3 is 2.69 bits per heavy atom. The van der Waals surface area contributed by atoms with E-state index in [1.807, 2.05) is 12.1 Å². The van der Waals surface area contributed by atoms with E-state index in [-0.39, 0.29) is 12.4 Å². The minimum Gasteiger partial charge on any atom is -0.493 e. The predicted molar refractivity (Wildman–Crippen MR) is 154 cm³/mol. The van der Waals surface area contributed by atoms with Crippen LogP contribution in [0.25, 0.3) is 33.9 Å². The number of ketones is 1. The largest absolute Gasteiger partial charge is 0.493 e. The molecule has 0 fully saturated rings. The summed E-state index contributed by atoms with van der Waals surface area (Å²) < 4.78 is 17.5. The first-order chi connectivity index (χ1) is 18.9. The molecule has 2 aromatic heterocycles. The molecule has 0 unspecified atom stereocenters. The van der Waals surface area contributed by atoms with Crippen LogP contribution >= 0.6 is 27.3 Å². The number of fused-ring (bicyclic) bond motifs is 1. The molecule has 0 radical (unpaired) electrons. The molecule has 39 heavy (non-hydrogen) atoms. The van der Waals surface area contributed by atoms with Crippen LogP contribution in [0.3, 0.4) is 0 Å². The van der Waals surface area contributed by atoms with Crippen molar-refractivity contribution in [3.05, 3.63) is 109 Å². The van der Waals surface area contributed by atoms with Crippen LogP contribution in [0.15, 0.2) is 91.9 Å². The van der Waals surface area contributed by atoms with E-state index in [9.17, 15) is 14.9 Å². The van der Waals surface area contributed by atoms with Crippen molar-refractivity contribution in [2.24, 2.45) is 0 Å². The van der Waals surface area contributed by atoms with Crippen LogP contribution in [0.1, 0.15) is 20.9 Å². The number of halogens is 1. The summed E-state index contributed by atoms with van der Waals surface area (Å²) in [5.74, 6) is 0.673. The number of nitrogens with zero attached hydrogens (tertiary/aromatic N) is 2. The minimum atomic E-state index is -0.504. The van der Waals surface area contributed by atoms with E-state index in [0.717, 1.165) is 9.86 Å². The van der Waals surface area contributed by atoms with Gasteiger partial charge >= 0.3 is 5.63 Å². The summed E-state index contributed by atoms with van der Waals surface area (Å²) >= 11 is 4.68. The maximum absolute atomic E-state index is 12.6. The zero-order valence-corrected chi connectivity index (χ0v) is 22.9. The second kappa shape index (κ2) is 11.5. The van der Waals surface area contributed by atoms with Crippen LogP contribution < -0.4 is 15.1 Å². The Hall–Kier alpha value is -4.52. The van der Waals surface area contributed by atoms with Crippen LogP contribution in [0.5, 0.6) is 11.5 Å². The summed E-state index contributed by atoms with van der Waals surface area (Å²) in [5, 5.41) is 12.8. The molecule has 0 saturated heterocycles. The lowest BCUT2D eigenvalue weighted by Gasteiger charge is -2.11. The molecule has 0 bridgehead atoms. The third-order valence-corrected chi connectivity index (χ3v) is 7.15. The maximum atomic E-state index is 12.6. The summed E-state index contributed by atoms with van der Waals surface area (Å²) in [5.41, 5.74) is 2.27. The first-order valence-corrected chi connectivity index (χ1v) is 13.3. The molecule has 192 valence electrons. The summed E-state index contributed by atoms with van der Waals surface area (Å²) in [6.45, 7) is -0.138. The highest BCUT2D eigenvalue weighted by atomic mass is 79.9. The zero-order chi connectivity index (χ0) is 27.4. The highest BCUT2D eigenvalue weighted by molar-refractivity contribution is 9.10. The number of carbonyl (C=O) groups excluding carboxylic acids is 1. The Morgan fingerprint density at radius 1 is 1.10 bits per heavy atom. The molecule has 0 aliphatic rings. The highest BCUT2D eigenvalue weighted by Gasteiger charge is 2.15. The van der Waals surface area contributed by atoms with Gasteiger partial charge in [-0.05, 0) is 48.0 Å². The average molecular weight is 599 g/mol. The lowest BCUT2D eigenvalue weighted by molar-refractivity contribution is 0.0919. The molecule has 0 spiro atoms. The fraction of sp³-hybridized carbons (Fsp3) is 0.0667. The summed E-state index contributed by atoms with van der Waals surface area (Å²) in [4.78, 5) is 29.5. The molecule has 2 heterocycles. The van der Waals surface area contributed by atoms with Gasteiger partial charge in [0.2, 0.25) is 0 Å². The van der Waals surface area contributed by atoms with E-state index >= 15 is 0 Å². The number of benzene rings is 3. The van der Waals surface area contributed by atoms with Gasteiger partial charge in [0.05, 0.1) is 23.9 Å². The topological polar surface area (TPSA) is 102 Å². The molecule has 3 aromatic carbocycles. The molecule has 7 nitrogen and oxygen atoms in total. The van der Waals surface area contributed by atoms with Crippen LogP contribution in [-0.2, 0) is 0 Å². The minimum absolute atomic E-state index is 0.138. The molecule has 0 atom stereocenters. The smallest absolute Gasteiger partial charge is 0.345 e. The number of Topliss-reactive ketones (excluding diaryl/α,β-unsaturated/α-hetero) is 1. The zero-order valence-electron chi connectivity index (χ0n) is 20.5. The van der Waals surface area contributed by atoms with Crippen molar-refractivity contribution in [1.29, 1.82) is 5.26 Å². The number of thiazole rings is 1. The molecular formula is C30H19BrN2O5S. The Morgan fingerprint density at radius 2 is 1.92 bits per heavy atom. The summed E-state index contributed by atoms with van der Waals surface area (Å²) in [7, 11) is 1.50. The van der Waals surface area contributed by atoms with Crippen molar-refractivity contribution in [1.82, 2.24) is 4.98 Å². The lowest BCUT2D eigenvalue weighted by atomic mass is 10.1. The van der Waals surface area contributed by atoms with Crippen LogP contribution in [0, 0.1) is 11.3 Å². The van der Waals surface area contributed by atoms with Crippen LogP contribution in [0.4, 0.5) is 0 Å². The average Bonchev–Trinajstić information content (AvgIpc) is 3.45. The van der Waals surface area contributed by atoms with E-state index in [2.05, 4.69) is 27.0 Å². The SMILES string of the molecule is COc1cc(C=C(C#N)c2nc(-c3cc4cc(Br)ccc4oc3=O)cs2)ccc1OCC(=O)c1ccccc1. The van der Waals surface area contributed by atoms with E-state index in [1.165, 1.54) is 18.4 Å². The standard InChI is InChI=1S/C30H19BrN2O5S/c1-36-28-12-18(7-9-27(28)37-16-25(34)19-5-3-2-4-6-19)11-21(15-32)29-33-24(17-39-29)23-14-20-13-22(31)8-10-26(20)38-30(23)35/h2-14,17H,16H2,1H3. The van der Waals surface area contributed by atoms with Gasteiger partial charge in [-0.15, -0.1) is 11.3 Å². The number of hydrogen-bond acceptors (Lipinski definition) is 8. The van der Waals surface area contributed by atoms with Gasteiger partial charge < -0.3 is 13.9 Å². The van der Waals surface area contributed by atoms with Gasteiger partial charge in [0.15, 0.2) is 23.9 Å². The summed E-state index contributed by atoms with van der Waals surface area (Å²) in [6.07, 6.45) is 1.67. The van der Waals surface area contributed by atoms with Crippen LogP contribution in [0.2, 0.25) is 0 Å². The first-order valence-electron chi connectivity index (χ1n) is 11.7. The molecule has 5 aromatic rings. The third-order valence-electron chi connectivity index (χ3n) is 5.78. The molecular weight excluding hydrogens is 580 g/mol. The van der Waals surface area contributed by atoms with E-state index < -0.39 is 5.63 Å². The van der Waals surface area contributed by atoms with Crippen molar-refractivity contribution in [2.75, 3.05) is 13.7 Å². The molecule has 0 aliphatic carbocycles. The van der Waals surface area contributed by atoms with Gasteiger partial charge in [-0.2, -0.15) is 5.26 Å². The van der Waals surface area contributed by atoms with E-state index in [1.54, 1.807) is 72.1 Å². The number of ether oxygens (including phenoxy) is 2. The second-order valence-electron chi connectivity index (χ2n) is 8.33. The molecule has 5 rings (SSSR count). The van der Waals surface area contributed by atoms with Crippen molar-refractivity contribution < 1.29 is 18.7 Å². The number of allylic oxidation sites excluding steroid dienone is 1. The van der Waals surface area contributed by atoms with Gasteiger partial charge in [-0.1, -0.05) is 52.3 Å². The summed E-state index contributed by atoms with van der Waals surface area (Å²) in [6, 6.07) is 23.3. The number of rotatable bonds is 8. The Balaban J connectivity index is 1.38. The van der Waals surface area contributed by atoms with E-state index in [4.69, 9.17) is 13.9 Å². The Labute approximate surface area is 235 Å². The van der Waals surface area contributed by atoms with Crippen molar-refractivity contribution in [3.8, 4) is 28.8 Å². The van der Waals surface area contributed by atoms with Gasteiger partial charge in [-0.25, -0.2) is 9.78 Å². The fourth-order valence-electron chi connectivity index (χ4n) is 3.85. The lowest BCUT2D eigenvalue weighted by Crippen LogP contribution is -2.11. The molecule has 0 N–H and O–H groups in total. The van der Waals surface area contributed by atoms with E-state index in [0.29, 0.717) is 50.0 Å². The molecule has 9 heteroatoms. The van der Waals surface area contributed by atoms with Crippen molar-refractivity contribution in [3.63, 3.8) is 0 Å². The maximum Gasteiger partial charge on any atom is 0.345 e. The van der Waals surface area contributed by atoms with Crippen LogP contribution in [-0.4, -0.2) is 24.5 Å². The van der Waals surface area contributed by atoms with Crippen molar-refractivity contribution in [2.45, 2.75) is 0 Å². The number of hydrogen-bond donors (Lipinski definition) is 0. The highest BCUT2D eigenvalue weighted by Crippen LogP contribution is 2.32. The Bertz CT molecular complexity index is 1820. The molecule has 0 aliphatic heterocycles. The normalized spacial score (nSPS) is 11.3. The molecule has 0 amide bonds. The Kier molecular flexibility index (Phi) is 7.68. The third kappa shape index (κ3) is 5.82. The molecule has 0 saturated carbocycles. The van der Waals surface area contributed by atoms with Gasteiger partial charge in [0.25, 0.3) is 0 Å². The fourth-order valence-corrected chi connectivity index (χ4v) is 5.01. The quantitative estimate of drug-likeness (QED) is 0.107. The number of aromatic nitrogens is 1. The van der Waals surface area contributed by atoms with Gasteiger partial charge in [0.1, 0.15) is 16.7 Å². The first kappa shape index (κ1) is 26.1. The monoisotopic (exact) mass is 598 g/mol. The van der Waals surface area contributed by atoms with Gasteiger partial charge in [0, 0.05) is 20.8 Å². The predicted octanol–water partition coefficient (Wildman–Crippen LogP) is 7.01.